The molecule has 6 heteroatoms. The van der Waals surface area contributed by atoms with Crippen molar-refractivity contribution in [2.75, 3.05) is 0 Å². The lowest BCUT2D eigenvalue weighted by Gasteiger charge is -2.32. The van der Waals surface area contributed by atoms with Gasteiger partial charge in [0.05, 0.1) is 11.2 Å². The Morgan fingerprint density at radius 3 is 2.39 bits per heavy atom. The van der Waals surface area contributed by atoms with Crippen LogP contribution in [0.4, 0.5) is 0 Å². The lowest BCUT2D eigenvalue weighted by molar-refractivity contribution is 0.00578. The maximum absolute atomic E-state index is 5.95. The molecule has 3 heterocycles. The summed E-state index contributed by atoms with van der Waals surface area (Å²) in [7, 11) is -0.419. The van der Waals surface area contributed by atoms with Crippen molar-refractivity contribution in [1.82, 2.24) is 9.97 Å². The second-order valence-electron chi connectivity index (χ2n) is 5.53. The fourth-order valence-corrected chi connectivity index (χ4v) is 1.88. The van der Waals surface area contributed by atoms with Crippen LogP contribution < -0.4 is 5.46 Å². The molecule has 2 aromatic rings. The average Bonchev–Trinajstić information content (AvgIpc) is 2.80. The zero-order valence-corrected chi connectivity index (χ0v) is 10.9. The summed E-state index contributed by atoms with van der Waals surface area (Å²) in [6.07, 6.45) is 3.10. The third kappa shape index (κ3) is 1.64. The molecule has 0 amide bonds. The van der Waals surface area contributed by atoms with Crippen LogP contribution in [0.5, 0.6) is 0 Å². The third-order valence-corrected chi connectivity index (χ3v) is 3.73. The molecule has 0 N–H and O–H groups in total. The van der Waals surface area contributed by atoms with Gasteiger partial charge in [-0.1, -0.05) is 0 Å². The topological polar surface area (TPSA) is 57.4 Å². The van der Waals surface area contributed by atoms with E-state index in [9.17, 15) is 0 Å². The van der Waals surface area contributed by atoms with Gasteiger partial charge in [0.15, 0.2) is 17.6 Å². The summed E-state index contributed by atoms with van der Waals surface area (Å²) in [6, 6.07) is 1.86. The van der Waals surface area contributed by atoms with Gasteiger partial charge in [-0.2, -0.15) is 4.98 Å². The van der Waals surface area contributed by atoms with E-state index in [0.29, 0.717) is 11.2 Å². The van der Waals surface area contributed by atoms with Gasteiger partial charge in [0.25, 0.3) is 0 Å². The molecule has 0 spiro atoms. The van der Waals surface area contributed by atoms with E-state index >= 15 is 0 Å². The van der Waals surface area contributed by atoms with E-state index in [1.807, 2.05) is 33.8 Å². The van der Waals surface area contributed by atoms with Gasteiger partial charge in [-0.05, 0) is 33.8 Å². The van der Waals surface area contributed by atoms with Gasteiger partial charge in [0.2, 0.25) is 0 Å². The first-order chi connectivity index (χ1) is 8.39. The molecule has 0 atom stereocenters. The van der Waals surface area contributed by atoms with Crippen LogP contribution in [0.15, 0.2) is 23.1 Å². The minimum absolute atomic E-state index is 0.353. The van der Waals surface area contributed by atoms with Crippen LogP contribution in [-0.2, 0) is 9.31 Å². The van der Waals surface area contributed by atoms with Crippen molar-refractivity contribution in [3.05, 3.63) is 18.7 Å². The van der Waals surface area contributed by atoms with Crippen molar-refractivity contribution in [3.63, 3.8) is 0 Å². The molecule has 0 saturated carbocycles. The largest absolute Gasteiger partial charge is 0.496 e. The molecular formula is C12H15BN2O3. The first-order valence-electron chi connectivity index (χ1n) is 5.94. The summed E-state index contributed by atoms with van der Waals surface area (Å²) < 4.78 is 17.1. The Hall–Kier alpha value is -1.40. The Balaban J connectivity index is 1.96. The van der Waals surface area contributed by atoms with Gasteiger partial charge in [-0.25, -0.2) is 4.98 Å². The average molecular weight is 246 g/mol. The maximum atomic E-state index is 5.95. The van der Waals surface area contributed by atoms with E-state index in [1.165, 1.54) is 6.39 Å². The standard InChI is InChI=1S/C12H15BN2O3/c1-11(2)12(3,4)18-13(17-11)8-5-9-10(14-6-8)15-7-16-9/h5-7H,1-4H3. The van der Waals surface area contributed by atoms with Crippen LogP contribution in [0.25, 0.3) is 11.2 Å². The fourth-order valence-electron chi connectivity index (χ4n) is 1.88. The highest BCUT2D eigenvalue weighted by atomic mass is 16.7. The van der Waals surface area contributed by atoms with Gasteiger partial charge in [0.1, 0.15) is 0 Å². The van der Waals surface area contributed by atoms with Crippen molar-refractivity contribution < 1.29 is 13.7 Å². The number of aromatic nitrogens is 2. The molecule has 0 radical (unpaired) electrons. The molecule has 0 aromatic carbocycles. The normalized spacial score (nSPS) is 21.7. The smallest absolute Gasteiger partial charge is 0.442 e. The number of rotatable bonds is 1. The van der Waals surface area contributed by atoms with Crippen molar-refractivity contribution >= 4 is 23.8 Å². The first-order valence-corrected chi connectivity index (χ1v) is 5.94. The Bertz CT molecular complexity index is 578. The van der Waals surface area contributed by atoms with Crippen molar-refractivity contribution in [3.8, 4) is 0 Å². The second kappa shape index (κ2) is 3.55. The highest BCUT2D eigenvalue weighted by Gasteiger charge is 2.51. The minimum Gasteiger partial charge on any atom is -0.442 e. The molecule has 2 aromatic heterocycles. The summed E-state index contributed by atoms with van der Waals surface area (Å²) >= 11 is 0. The summed E-state index contributed by atoms with van der Waals surface area (Å²) in [5.41, 5.74) is 1.37. The number of hydrogen-bond donors (Lipinski definition) is 0. The molecule has 0 aliphatic carbocycles. The summed E-state index contributed by atoms with van der Waals surface area (Å²) in [5, 5.41) is 0. The monoisotopic (exact) mass is 246 g/mol. The zero-order chi connectivity index (χ0) is 13.0. The number of hydrogen-bond acceptors (Lipinski definition) is 5. The minimum atomic E-state index is -0.419. The molecule has 5 nitrogen and oxygen atoms in total. The molecule has 18 heavy (non-hydrogen) atoms. The molecule has 1 aliphatic rings. The van der Waals surface area contributed by atoms with Crippen LogP contribution in [0.1, 0.15) is 27.7 Å². The van der Waals surface area contributed by atoms with Gasteiger partial charge in [0, 0.05) is 11.7 Å². The summed E-state index contributed by atoms with van der Waals surface area (Å²) in [4.78, 5) is 8.20. The maximum Gasteiger partial charge on any atom is 0.496 e. The van der Waals surface area contributed by atoms with E-state index in [0.717, 1.165) is 5.46 Å². The molecule has 0 unspecified atom stereocenters. The lowest BCUT2D eigenvalue weighted by atomic mass is 9.80. The van der Waals surface area contributed by atoms with Crippen molar-refractivity contribution in [2.45, 2.75) is 38.9 Å². The van der Waals surface area contributed by atoms with Crippen molar-refractivity contribution in [1.29, 1.82) is 0 Å². The number of oxazole rings is 1. The number of nitrogens with zero attached hydrogens (tertiary/aromatic N) is 2. The molecule has 94 valence electrons. The van der Waals surface area contributed by atoms with Crippen molar-refractivity contribution in [2.24, 2.45) is 0 Å². The number of fused-ring (bicyclic) bond motifs is 1. The van der Waals surface area contributed by atoms with E-state index in [1.54, 1.807) is 6.20 Å². The van der Waals surface area contributed by atoms with Crippen LogP contribution in [0, 0.1) is 0 Å². The van der Waals surface area contributed by atoms with E-state index in [2.05, 4.69) is 9.97 Å². The van der Waals surface area contributed by atoms with E-state index in [4.69, 9.17) is 13.7 Å². The number of pyridine rings is 1. The van der Waals surface area contributed by atoms with Crippen LogP contribution >= 0.6 is 0 Å². The molecule has 3 rings (SSSR count). The molecule has 1 aliphatic heterocycles. The Labute approximate surface area is 106 Å². The van der Waals surface area contributed by atoms with Crippen LogP contribution in [0.2, 0.25) is 0 Å². The zero-order valence-electron chi connectivity index (χ0n) is 10.9. The summed E-state index contributed by atoms with van der Waals surface area (Å²) in [6.45, 7) is 8.08. The Kier molecular flexibility index (Phi) is 2.31. The fraction of sp³-hybridized carbons (Fsp3) is 0.500. The predicted octanol–water partition coefficient (Wildman–Crippen LogP) is 1.52. The van der Waals surface area contributed by atoms with Gasteiger partial charge < -0.3 is 13.7 Å². The Morgan fingerprint density at radius 1 is 1.06 bits per heavy atom. The van der Waals surface area contributed by atoms with Crippen LogP contribution in [0.3, 0.4) is 0 Å². The van der Waals surface area contributed by atoms with E-state index in [-0.39, 0.29) is 11.2 Å². The quantitative estimate of drug-likeness (QED) is 0.714. The van der Waals surface area contributed by atoms with Gasteiger partial charge in [-0.3, -0.25) is 0 Å². The highest BCUT2D eigenvalue weighted by Crippen LogP contribution is 2.36. The molecule has 0 bridgehead atoms. The second-order valence-corrected chi connectivity index (χ2v) is 5.53. The lowest BCUT2D eigenvalue weighted by Crippen LogP contribution is -2.41. The molecular weight excluding hydrogens is 231 g/mol. The van der Waals surface area contributed by atoms with E-state index < -0.39 is 7.12 Å². The van der Waals surface area contributed by atoms with Gasteiger partial charge >= 0.3 is 7.12 Å². The molecule has 1 saturated heterocycles. The van der Waals surface area contributed by atoms with Gasteiger partial charge in [-0.15, -0.1) is 0 Å². The van der Waals surface area contributed by atoms with Crippen LogP contribution in [-0.4, -0.2) is 28.3 Å². The SMILES string of the molecule is CC1(C)OB(c2cnc3ncoc3c2)OC1(C)C. The molecule has 1 fully saturated rings. The third-order valence-electron chi connectivity index (χ3n) is 3.73. The Morgan fingerprint density at radius 2 is 1.72 bits per heavy atom. The first kappa shape index (κ1) is 11.7. The highest BCUT2D eigenvalue weighted by molar-refractivity contribution is 6.62. The summed E-state index contributed by atoms with van der Waals surface area (Å²) in [5.74, 6) is 0. The predicted molar refractivity (Wildman–Crippen MR) is 67.5 cm³/mol.